The van der Waals surface area contributed by atoms with Crippen molar-refractivity contribution in [2.45, 2.75) is 40.0 Å². The second-order valence-corrected chi connectivity index (χ2v) is 11.4. The van der Waals surface area contributed by atoms with E-state index in [2.05, 4.69) is 20.7 Å². The van der Waals surface area contributed by atoms with E-state index in [1.54, 1.807) is 47.1 Å². The van der Waals surface area contributed by atoms with Gasteiger partial charge in [0.15, 0.2) is 5.78 Å². The van der Waals surface area contributed by atoms with Gasteiger partial charge in [0, 0.05) is 23.5 Å². The summed E-state index contributed by atoms with van der Waals surface area (Å²) in [5.74, 6) is 0.538. The van der Waals surface area contributed by atoms with Crippen molar-refractivity contribution in [1.82, 2.24) is 14.8 Å². The minimum atomic E-state index is -0.572. The van der Waals surface area contributed by atoms with Gasteiger partial charge in [-0.1, -0.05) is 62.7 Å². The summed E-state index contributed by atoms with van der Waals surface area (Å²) in [7, 11) is 0. The number of pyridine rings is 1. The van der Waals surface area contributed by atoms with Crippen molar-refractivity contribution in [2.75, 3.05) is 10.6 Å². The molecule has 1 fully saturated rings. The van der Waals surface area contributed by atoms with Crippen molar-refractivity contribution in [3.05, 3.63) is 89.1 Å². The molecule has 1 aliphatic rings. The summed E-state index contributed by atoms with van der Waals surface area (Å²) in [6, 6.07) is 21.2. The molecule has 8 nitrogen and oxygen atoms in total. The number of amides is 2. The van der Waals surface area contributed by atoms with Gasteiger partial charge in [0.05, 0.1) is 22.0 Å². The summed E-state index contributed by atoms with van der Waals surface area (Å²) in [6.45, 7) is 5.48. The predicted molar refractivity (Wildman–Crippen MR) is 156 cm³/mol. The summed E-state index contributed by atoms with van der Waals surface area (Å²) >= 11 is 6.46. The van der Waals surface area contributed by atoms with Crippen LogP contribution in [0.3, 0.4) is 0 Å². The van der Waals surface area contributed by atoms with E-state index in [4.69, 9.17) is 11.6 Å². The molecule has 2 amide bonds. The molecule has 2 N–H and O–H groups in total. The van der Waals surface area contributed by atoms with Crippen LogP contribution in [0.1, 0.15) is 60.9 Å². The molecule has 2 aromatic heterocycles. The third-order valence-electron chi connectivity index (χ3n) is 6.59. The van der Waals surface area contributed by atoms with Gasteiger partial charge in [0.2, 0.25) is 5.91 Å². The molecule has 0 bridgehead atoms. The highest BCUT2D eigenvalue weighted by molar-refractivity contribution is 6.34. The van der Waals surface area contributed by atoms with Gasteiger partial charge in [-0.05, 0) is 55.2 Å². The van der Waals surface area contributed by atoms with Crippen LogP contribution in [0.15, 0.2) is 72.8 Å². The van der Waals surface area contributed by atoms with E-state index in [-0.39, 0.29) is 22.3 Å². The third kappa shape index (κ3) is 6.29. The fourth-order valence-corrected chi connectivity index (χ4v) is 4.28. The lowest BCUT2D eigenvalue weighted by Gasteiger charge is -2.17. The van der Waals surface area contributed by atoms with Gasteiger partial charge >= 0.3 is 0 Å². The third-order valence-corrected chi connectivity index (χ3v) is 6.92. The first-order chi connectivity index (χ1) is 19.1. The van der Waals surface area contributed by atoms with Crippen molar-refractivity contribution >= 4 is 40.8 Å². The van der Waals surface area contributed by atoms with Gasteiger partial charge in [-0.25, -0.2) is 9.67 Å². The van der Waals surface area contributed by atoms with Gasteiger partial charge in [0.1, 0.15) is 17.3 Å². The second kappa shape index (κ2) is 11.1. The number of aromatic nitrogens is 3. The monoisotopic (exact) mass is 555 g/mol. The van der Waals surface area contributed by atoms with Crippen LogP contribution in [0.2, 0.25) is 5.02 Å². The molecule has 1 saturated carbocycles. The Morgan fingerprint density at radius 3 is 2.40 bits per heavy atom. The highest BCUT2D eigenvalue weighted by Crippen LogP contribution is 2.34. The summed E-state index contributed by atoms with van der Waals surface area (Å²) in [6.07, 6.45) is 2.57. The summed E-state index contributed by atoms with van der Waals surface area (Å²) in [5, 5.41) is 10.5. The zero-order valence-corrected chi connectivity index (χ0v) is 23.3. The van der Waals surface area contributed by atoms with E-state index >= 15 is 0 Å². The van der Waals surface area contributed by atoms with E-state index in [0.29, 0.717) is 46.6 Å². The average molecular weight is 556 g/mol. The van der Waals surface area contributed by atoms with E-state index in [0.717, 1.165) is 12.8 Å². The maximum Gasteiger partial charge on any atom is 0.258 e. The molecule has 0 saturated heterocycles. The number of carbonyl (C=O) groups is 3. The zero-order valence-electron chi connectivity index (χ0n) is 22.6. The number of nitrogens with one attached hydrogen (secondary N) is 2. The van der Waals surface area contributed by atoms with E-state index in [9.17, 15) is 14.4 Å². The number of hydrogen-bond acceptors (Lipinski definition) is 5. The number of para-hydroxylation sites is 1. The quantitative estimate of drug-likeness (QED) is 0.232. The van der Waals surface area contributed by atoms with Crippen LogP contribution in [-0.4, -0.2) is 32.4 Å². The maximum absolute atomic E-state index is 13.5. The first kappa shape index (κ1) is 27.3. The Morgan fingerprint density at radius 2 is 1.70 bits per heavy atom. The van der Waals surface area contributed by atoms with Crippen LogP contribution < -0.4 is 10.6 Å². The van der Waals surface area contributed by atoms with Crippen LogP contribution in [0, 0.1) is 11.3 Å². The van der Waals surface area contributed by atoms with Crippen LogP contribution in [-0.2, 0) is 4.79 Å². The lowest BCUT2D eigenvalue weighted by atomic mass is 9.96. The molecule has 204 valence electrons. The highest BCUT2D eigenvalue weighted by atomic mass is 35.5. The Labute approximate surface area is 237 Å². The van der Waals surface area contributed by atoms with Crippen molar-refractivity contribution in [3.8, 4) is 16.9 Å². The first-order valence-corrected chi connectivity index (χ1v) is 13.5. The van der Waals surface area contributed by atoms with Crippen LogP contribution >= 0.6 is 11.6 Å². The lowest BCUT2D eigenvalue weighted by Crippen LogP contribution is -2.28. The number of carbonyl (C=O) groups excluding carboxylic acids is 3. The highest BCUT2D eigenvalue weighted by Gasteiger charge is 2.27. The number of benzene rings is 2. The number of rotatable bonds is 8. The normalized spacial score (nSPS) is 13.1. The molecule has 0 radical (unpaired) electrons. The molecular weight excluding hydrogens is 526 g/mol. The Hall–Kier alpha value is -4.30. The van der Waals surface area contributed by atoms with Crippen molar-refractivity contribution in [1.29, 1.82) is 0 Å². The molecule has 9 heteroatoms. The number of nitrogens with zero attached hydrogens (tertiary/aromatic N) is 3. The fraction of sp³-hybridized carbons (Fsp3) is 0.258. The second-order valence-electron chi connectivity index (χ2n) is 11.0. The largest absolute Gasteiger partial charge is 0.310 e. The van der Waals surface area contributed by atoms with Crippen molar-refractivity contribution < 1.29 is 14.4 Å². The van der Waals surface area contributed by atoms with Gasteiger partial charge in [-0.2, -0.15) is 5.10 Å². The Morgan fingerprint density at radius 1 is 0.950 bits per heavy atom. The van der Waals surface area contributed by atoms with E-state index < -0.39 is 11.3 Å². The van der Waals surface area contributed by atoms with Gasteiger partial charge in [-0.15, -0.1) is 0 Å². The smallest absolute Gasteiger partial charge is 0.258 e. The fourth-order valence-electron chi connectivity index (χ4n) is 4.07. The standard InChI is InChI=1S/C31H30ClN5O3/c1-31(2,3)30(40)34-27-11-7-10-24(33-27)20-14-15-23(32)22(17-20)29(39)35-28-18-25(26(38)16-19-12-13-19)36-37(28)21-8-5-4-6-9-21/h4-11,14-15,17-19H,12-13,16H2,1-3H3,(H,35,39)(H,33,34,40). The van der Waals surface area contributed by atoms with Crippen LogP contribution in [0.5, 0.6) is 0 Å². The molecule has 4 aromatic rings. The number of halogens is 1. The molecule has 5 rings (SSSR count). The molecule has 0 aliphatic heterocycles. The molecular formula is C31H30ClN5O3. The molecule has 0 unspecified atom stereocenters. The molecule has 2 aromatic carbocycles. The summed E-state index contributed by atoms with van der Waals surface area (Å²) in [5.41, 5.74) is 1.90. The van der Waals surface area contributed by atoms with Crippen LogP contribution in [0.25, 0.3) is 16.9 Å². The number of Topliss-reactive ketones (excluding diaryl/α,β-unsaturated/α-hetero) is 1. The number of ketones is 1. The van der Waals surface area contributed by atoms with E-state index in [1.807, 2.05) is 51.1 Å². The summed E-state index contributed by atoms with van der Waals surface area (Å²) in [4.78, 5) is 43.3. The lowest BCUT2D eigenvalue weighted by molar-refractivity contribution is -0.123. The predicted octanol–water partition coefficient (Wildman–Crippen LogP) is 6.81. The van der Waals surface area contributed by atoms with Crippen molar-refractivity contribution in [3.63, 3.8) is 0 Å². The molecule has 40 heavy (non-hydrogen) atoms. The average Bonchev–Trinajstić information content (AvgIpc) is 3.64. The van der Waals surface area contributed by atoms with Gasteiger partial charge in [-0.3, -0.25) is 14.4 Å². The molecule has 1 aliphatic carbocycles. The first-order valence-electron chi connectivity index (χ1n) is 13.2. The maximum atomic E-state index is 13.5. The Bertz CT molecular complexity index is 1590. The minimum Gasteiger partial charge on any atom is -0.310 e. The van der Waals surface area contributed by atoms with Gasteiger partial charge in [0.25, 0.3) is 5.91 Å². The zero-order chi connectivity index (χ0) is 28.4. The SMILES string of the molecule is CC(C)(C)C(=O)Nc1cccc(-c2ccc(Cl)c(C(=O)Nc3cc(C(=O)CC4CC4)nn3-c3ccccc3)c2)n1. The van der Waals surface area contributed by atoms with E-state index in [1.165, 1.54) is 0 Å². The molecule has 0 atom stereocenters. The minimum absolute atomic E-state index is 0.0442. The summed E-state index contributed by atoms with van der Waals surface area (Å²) < 4.78 is 1.55. The number of hydrogen-bond donors (Lipinski definition) is 2. The Balaban J connectivity index is 1.42. The molecule has 0 spiro atoms. The van der Waals surface area contributed by atoms with Gasteiger partial charge < -0.3 is 10.6 Å². The topological polar surface area (TPSA) is 106 Å². The van der Waals surface area contributed by atoms with Crippen molar-refractivity contribution in [2.24, 2.45) is 11.3 Å². The Kier molecular flexibility index (Phi) is 7.54. The number of anilines is 2. The molecule has 2 heterocycles. The van der Waals surface area contributed by atoms with Crippen LogP contribution in [0.4, 0.5) is 11.6 Å².